The molecule has 31 heavy (non-hydrogen) atoms. The monoisotopic (exact) mass is 440 g/mol. The van der Waals surface area contributed by atoms with Crippen LogP contribution < -0.4 is 14.4 Å². The number of benzene rings is 2. The normalized spacial score (nSPS) is 15.8. The van der Waals surface area contributed by atoms with Gasteiger partial charge < -0.3 is 14.5 Å². The van der Waals surface area contributed by atoms with Gasteiger partial charge in [-0.2, -0.15) is 0 Å². The summed E-state index contributed by atoms with van der Waals surface area (Å²) in [6.07, 6.45) is 2.08. The van der Waals surface area contributed by atoms with E-state index in [0.29, 0.717) is 30.8 Å². The predicted molar refractivity (Wildman–Crippen MR) is 117 cm³/mol. The van der Waals surface area contributed by atoms with Gasteiger partial charge in [0.15, 0.2) is 6.10 Å². The van der Waals surface area contributed by atoms with E-state index in [9.17, 15) is 13.2 Å². The second-order valence-electron chi connectivity index (χ2n) is 7.40. The van der Waals surface area contributed by atoms with E-state index in [1.54, 1.807) is 54.8 Å². The SMILES string of the molecule is Cc1ccc(S(=O)(=O)N2CC(C(=O)NCCCc3ccco3)Oc3ccccc32)cc1. The van der Waals surface area contributed by atoms with Crippen molar-refractivity contribution in [2.45, 2.75) is 30.8 Å². The van der Waals surface area contributed by atoms with Gasteiger partial charge in [0.25, 0.3) is 15.9 Å². The Balaban J connectivity index is 1.50. The number of hydrogen-bond donors (Lipinski definition) is 1. The highest BCUT2D eigenvalue weighted by Gasteiger charge is 2.37. The minimum Gasteiger partial charge on any atom is -0.476 e. The van der Waals surface area contributed by atoms with Crippen molar-refractivity contribution in [2.24, 2.45) is 0 Å². The molecule has 4 rings (SSSR count). The molecule has 1 aliphatic rings. The Morgan fingerprint density at radius 2 is 1.87 bits per heavy atom. The van der Waals surface area contributed by atoms with Crippen molar-refractivity contribution in [3.63, 3.8) is 0 Å². The van der Waals surface area contributed by atoms with E-state index in [0.717, 1.165) is 11.3 Å². The molecule has 8 heteroatoms. The van der Waals surface area contributed by atoms with Crippen LogP contribution in [0, 0.1) is 6.92 Å². The summed E-state index contributed by atoms with van der Waals surface area (Å²) < 4.78 is 39.1. The maximum absolute atomic E-state index is 13.3. The topological polar surface area (TPSA) is 88.9 Å². The van der Waals surface area contributed by atoms with Gasteiger partial charge in [0.05, 0.1) is 23.4 Å². The summed E-state index contributed by atoms with van der Waals surface area (Å²) in [4.78, 5) is 12.9. The van der Waals surface area contributed by atoms with Crippen molar-refractivity contribution >= 4 is 21.6 Å². The highest BCUT2D eigenvalue weighted by molar-refractivity contribution is 7.92. The number of amides is 1. The van der Waals surface area contributed by atoms with Crippen LogP contribution in [-0.4, -0.2) is 33.5 Å². The first kappa shape index (κ1) is 21.0. The number of sulfonamides is 1. The van der Waals surface area contributed by atoms with Crippen molar-refractivity contribution in [1.82, 2.24) is 5.32 Å². The van der Waals surface area contributed by atoms with Gasteiger partial charge in [-0.1, -0.05) is 29.8 Å². The van der Waals surface area contributed by atoms with Crippen LogP contribution in [0.3, 0.4) is 0 Å². The average molecular weight is 441 g/mol. The van der Waals surface area contributed by atoms with Crippen molar-refractivity contribution in [3.05, 3.63) is 78.3 Å². The Morgan fingerprint density at radius 1 is 1.10 bits per heavy atom. The lowest BCUT2D eigenvalue weighted by molar-refractivity contribution is -0.127. The number of nitrogens with zero attached hydrogens (tertiary/aromatic N) is 1. The van der Waals surface area contributed by atoms with Crippen LogP contribution in [-0.2, 0) is 21.2 Å². The van der Waals surface area contributed by atoms with Crippen molar-refractivity contribution in [3.8, 4) is 5.75 Å². The van der Waals surface area contributed by atoms with Crippen LogP contribution in [0.4, 0.5) is 5.69 Å². The van der Waals surface area contributed by atoms with E-state index >= 15 is 0 Å². The first-order valence-electron chi connectivity index (χ1n) is 10.1. The highest BCUT2D eigenvalue weighted by Crippen LogP contribution is 2.36. The Bertz CT molecular complexity index is 1140. The lowest BCUT2D eigenvalue weighted by atomic mass is 10.2. The molecule has 1 atom stereocenters. The molecule has 0 saturated carbocycles. The summed E-state index contributed by atoms with van der Waals surface area (Å²) in [7, 11) is -3.85. The second kappa shape index (κ2) is 8.85. The molecule has 7 nitrogen and oxygen atoms in total. The standard InChI is InChI=1S/C23H24N2O5S/c1-17-10-12-19(13-11-17)31(27,28)25-16-22(30-21-9-3-2-8-20(21)25)23(26)24-14-4-6-18-7-5-15-29-18/h2-3,5,7-13,15,22H,4,6,14,16H2,1H3,(H,24,26). The van der Waals surface area contributed by atoms with Crippen LogP contribution in [0.2, 0.25) is 0 Å². The number of furan rings is 1. The maximum Gasteiger partial charge on any atom is 0.264 e. The molecular weight excluding hydrogens is 416 g/mol. The van der Waals surface area contributed by atoms with Crippen molar-refractivity contribution in [1.29, 1.82) is 0 Å². The Morgan fingerprint density at radius 3 is 2.61 bits per heavy atom. The predicted octanol–water partition coefficient (Wildman–Crippen LogP) is 3.29. The smallest absolute Gasteiger partial charge is 0.264 e. The van der Waals surface area contributed by atoms with Gasteiger partial charge in [0.1, 0.15) is 11.5 Å². The first-order valence-corrected chi connectivity index (χ1v) is 11.5. The van der Waals surface area contributed by atoms with E-state index in [1.807, 2.05) is 19.1 Å². The summed E-state index contributed by atoms with van der Waals surface area (Å²) in [5, 5.41) is 2.84. The number of rotatable bonds is 7. The summed E-state index contributed by atoms with van der Waals surface area (Å²) in [6.45, 7) is 2.23. The first-order chi connectivity index (χ1) is 14.9. The molecule has 162 valence electrons. The molecule has 0 spiro atoms. The molecule has 1 aliphatic heterocycles. The summed E-state index contributed by atoms with van der Waals surface area (Å²) >= 11 is 0. The van der Waals surface area contributed by atoms with Crippen molar-refractivity contribution in [2.75, 3.05) is 17.4 Å². The zero-order valence-electron chi connectivity index (χ0n) is 17.2. The van der Waals surface area contributed by atoms with Gasteiger partial charge in [-0.25, -0.2) is 8.42 Å². The summed E-state index contributed by atoms with van der Waals surface area (Å²) in [5.74, 6) is 0.866. The third-order valence-electron chi connectivity index (χ3n) is 5.12. The molecular formula is C23H24N2O5S. The lowest BCUT2D eigenvalue weighted by Crippen LogP contribution is -2.50. The van der Waals surface area contributed by atoms with E-state index in [2.05, 4.69) is 5.32 Å². The van der Waals surface area contributed by atoms with Gasteiger partial charge in [-0.3, -0.25) is 9.10 Å². The summed E-state index contributed by atoms with van der Waals surface area (Å²) in [5.41, 5.74) is 1.39. The van der Waals surface area contributed by atoms with Gasteiger partial charge in [-0.15, -0.1) is 0 Å². The van der Waals surface area contributed by atoms with E-state index in [-0.39, 0.29) is 17.3 Å². The zero-order valence-corrected chi connectivity index (χ0v) is 18.0. The Kier molecular flexibility index (Phi) is 5.99. The molecule has 0 radical (unpaired) electrons. The van der Waals surface area contributed by atoms with Gasteiger partial charge in [-0.05, 0) is 49.7 Å². The van der Waals surface area contributed by atoms with E-state index in [4.69, 9.17) is 9.15 Å². The maximum atomic E-state index is 13.3. The number of para-hydroxylation sites is 2. The van der Waals surface area contributed by atoms with Crippen LogP contribution in [0.5, 0.6) is 5.75 Å². The molecule has 1 unspecified atom stereocenters. The van der Waals surface area contributed by atoms with Gasteiger partial charge in [0.2, 0.25) is 0 Å². The number of hydrogen-bond acceptors (Lipinski definition) is 5. The van der Waals surface area contributed by atoms with Gasteiger partial charge in [0, 0.05) is 13.0 Å². The number of carbonyl (C=O) groups is 1. The fourth-order valence-corrected chi connectivity index (χ4v) is 4.92. The average Bonchev–Trinajstić information content (AvgIpc) is 3.29. The molecule has 2 aromatic carbocycles. The molecule has 0 saturated heterocycles. The fraction of sp³-hybridized carbons (Fsp3) is 0.261. The molecule has 0 fully saturated rings. The minimum atomic E-state index is -3.85. The number of nitrogens with one attached hydrogen (secondary N) is 1. The quantitative estimate of drug-likeness (QED) is 0.570. The third kappa shape index (κ3) is 4.59. The molecule has 1 amide bonds. The second-order valence-corrected chi connectivity index (χ2v) is 9.26. The molecule has 2 heterocycles. The van der Waals surface area contributed by atoms with E-state index in [1.165, 1.54) is 4.31 Å². The fourth-order valence-electron chi connectivity index (χ4n) is 3.45. The molecule has 0 bridgehead atoms. The van der Waals surface area contributed by atoms with Crippen molar-refractivity contribution < 1.29 is 22.4 Å². The molecule has 1 N–H and O–H groups in total. The third-order valence-corrected chi connectivity index (χ3v) is 6.91. The van der Waals surface area contributed by atoms with Crippen LogP contribution in [0.15, 0.2) is 76.2 Å². The van der Waals surface area contributed by atoms with Gasteiger partial charge >= 0.3 is 0 Å². The molecule has 1 aromatic heterocycles. The zero-order chi connectivity index (χ0) is 21.8. The highest BCUT2D eigenvalue weighted by atomic mass is 32.2. The lowest BCUT2D eigenvalue weighted by Gasteiger charge is -2.34. The largest absolute Gasteiger partial charge is 0.476 e. The van der Waals surface area contributed by atoms with Crippen LogP contribution in [0.1, 0.15) is 17.7 Å². The summed E-state index contributed by atoms with van der Waals surface area (Å²) in [6, 6.07) is 17.2. The van der Waals surface area contributed by atoms with Crippen LogP contribution in [0.25, 0.3) is 0 Å². The Labute approximate surface area is 181 Å². The number of carbonyl (C=O) groups excluding carboxylic acids is 1. The van der Waals surface area contributed by atoms with Crippen LogP contribution >= 0.6 is 0 Å². The molecule has 0 aliphatic carbocycles. The minimum absolute atomic E-state index is 0.1000. The van der Waals surface area contributed by atoms with E-state index < -0.39 is 16.1 Å². The number of ether oxygens (including phenoxy) is 1. The Hall–Kier alpha value is -3.26. The molecule has 3 aromatic rings. The number of fused-ring (bicyclic) bond motifs is 1. The number of aryl methyl sites for hydroxylation is 2. The number of anilines is 1.